The van der Waals surface area contributed by atoms with Crippen molar-refractivity contribution in [3.8, 4) is 0 Å². The van der Waals surface area contributed by atoms with E-state index in [1.54, 1.807) is 0 Å². The van der Waals surface area contributed by atoms with Gasteiger partial charge in [0.05, 0.1) is 0 Å². The van der Waals surface area contributed by atoms with Crippen LogP contribution in [0.5, 0.6) is 0 Å². The van der Waals surface area contributed by atoms with Crippen LogP contribution in [-0.2, 0) is 60.0 Å². The van der Waals surface area contributed by atoms with Gasteiger partial charge in [-0.2, -0.15) is 52.7 Å². The normalized spacial score (nSPS) is 13.6. The molecule has 33 heavy (non-hydrogen) atoms. The summed E-state index contributed by atoms with van der Waals surface area (Å²) in [4.78, 5) is 0. The third-order valence-corrected chi connectivity index (χ3v) is 3.40. The topological polar surface area (TPSA) is 229 Å². The van der Waals surface area contributed by atoms with E-state index < -0.39 is 62.5 Å². The second-order valence-corrected chi connectivity index (χ2v) is 9.08. The molecular weight excluding hydrogens is 662 g/mol. The maximum atomic E-state index is 10.7. The van der Waals surface area contributed by atoms with Crippen LogP contribution in [0.1, 0.15) is 0 Å². The maximum absolute atomic E-state index is 10.7. The molecule has 0 aromatic carbocycles. The van der Waals surface area contributed by atoms with Crippen molar-refractivity contribution in [1.82, 2.24) is 0 Å². The Morgan fingerprint density at radius 1 is 0.333 bits per heavy atom. The van der Waals surface area contributed by atoms with Crippen molar-refractivity contribution in [1.29, 1.82) is 0 Å². The number of hydrogen-bond acceptors (Lipinski definition) is 12. The molecule has 0 spiro atoms. The van der Waals surface area contributed by atoms with E-state index in [0.717, 1.165) is 0 Å². The van der Waals surface area contributed by atoms with Gasteiger partial charge in [-0.25, -0.2) is 33.7 Å². The van der Waals surface area contributed by atoms with Gasteiger partial charge in [-0.15, -0.1) is 0 Å². The fourth-order valence-electron chi connectivity index (χ4n) is 0. The molecule has 0 saturated carbocycles. The fourth-order valence-corrected chi connectivity index (χ4v) is 0. The summed E-state index contributed by atoms with van der Waals surface area (Å²) < 4.78 is 236. The molecule has 0 fully saturated rings. The second kappa shape index (κ2) is 12.9. The molecule has 29 heteroatoms. The van der Waals surface area contributed by atoms with Gasteiger partial charge in [-0.05, 0) is 0 Å². The molecule has 0 atom stereocenters. The third-order valence-electron chi connectivity index (χ3n) is 1.13. The summed E-state index contributed by atoms with van der Waals surface area (Å²) >= 11 is 0. The van der Waals surface area contributed by atoms with Crippen molar-refractivity contribution in [3.63, 3.8) is 0 Å². The van der Waals surface area contributed by atoms with E-state index in [0.29, 0.717) is 0 Å². The molecule has 198 valence electrons. The van der Waals surface area contributed by atoms with Crippen LogP contribution < -0.4 is 0 Å². The van der Waals surface area contributed by atoms with Crippen molar-refractivity contribution in [3.05, 3.63) is 0 Å². The van der Waals surface area contributed by atoms with Gasteiger partial charge in [0.15, 0.2) is 40.5 Å². The van der Waals surface area contributed by atoms with Gasteiger partial charge in [-0.3, -0.25) is 0 Å². The van der Waals surface area contributed by atoms with Crippen molar-refractivity contribution in [2.75, 3.05) is 0 Å². The van der Waals surface area contributed by atoms with Gasteiger partial charge < -0.3 is 18.2 Å². The zero-order chi connectivity index (χ0) is 28.0. The monoisotopic (exact) mass is 660 g/mol. The van der Waals surface area contributed by atoms with E-state index in [2.05, 4.69) is 0 Å². The molecule has 0 aliphatic carbocycles. The second-order valence-electron chi connectivity index (χ2n) is 3.60. The van der Waals surface area contributed by atoms with Crippen LogP contribution in [-0.4, -0.2) is 73.9 Å². The summed E-state index contributed by atoms with van der Waals surface area (Å²) in [6, 6.07) is 0. The number of rotatable bonds is 0. The molecule has 0 aromatic heterocycles. The van der Waals surface area contributed by atoms with Crippen molar-refractivity contribution >= 4 is 40.5 Å². The van der Waals surface area contributed by atoms with Crippen LogP contribution in [0.25, 0.3) is 0 Å². The summed E-state index contributed by atoms with van der Waals surface area (Å²) in [6.45, 7) is 0. The SMILES string of the molecule is O=S(=O)([O-])C(F)(F)F.O=S(=O)([O-])C(F)(F)F.O=S(=O)([O-])C(F)(F)F.O=S(=O)([O-])C(F)(F)F.[Zn+4]. The Morgan fingerprint density at radius 3 is 0.364 bits per heavy atom. The first-order valence-electron chi connectivity index (χ1n) is 5.08. The van der Waals surface area contributed by atoms with E-state index in [9.17, 15) is 52.7 Å². The molecular formula is C4F12O12S4Zn. The van der Waals surface area contributed by atoms with E-state index in [1.165, 1.54) is 0 Å². The van der Waals surface area contributed by atoms with Gasteiger partial charge in [-0.1, -0.05) is 0 Å². The van der Waals surface area contributed by atoms with Crippen molar-refractivity contribution in [2.45, 2.75) is 22.0 Å². The van der Waals surface area contributed by atoms with Gasteiger partial charge in [0.2, 0.25) is 0 Å². The molecule has 0 amide bonds. The molecule has 0 rings (SSSR count). The van der Waals surface area contributed by atoms with E-state index in [-0.39, 0.29) is 19.5 Å². The molecule has 0 N–H and O–H groups in total. The van der Waals surface area contributed by atoms with Crippen LogP contribution >= 0.6 is 0 Å². The van der Waals surface area contributed by atoms with Gasteiger partial charge in [0, 0.05) is 0 Å². The molecule has 0 aromatic rings. The van der Waals surface area contributed by atoms with Crippen LogP contribution in [0.4, 0.5) is 52.7 Å². The summed E-state index contributed by atoms with van der Waals surface area (Å²) in [5, 5.41) is 0. The number of hydrogen-bond donors (Lipinski definition) is 0. The Labute approximate surface area is 186 Å². The zero-order valence-corrected chi connectivity index (χ0v) is 20.0. The van der Waals surface area contributed by atoms with Gasteiger partial charge in [0.1, 0.15) is 0 Å². The summed E-state index contributed by atoms with van der Waals surface area (Å²) in [7, 11) is -24.4. The first kappa shape index (κ1) is 42.6. The van der Waals surface area contributed by atoms with Crippen LogP contribution in [0.2, 0.25) is 0 Å². The molecule has 0 heterocycles. The van der Waals surface area contributed by atoms with Gasteiger partial charge in [0.25, 0.3) is 0 Å². The Balaban J connectivity index is -0.000000105. The molecule has 0 aliphatic rings. The number of alkyl halides is 12. The Bertz CT molecular complexity index is 828. The predicted octanol–water partition coefficient (Wildman–Crippen LogP) is 0.203. The standard InChI is InChI=1S/4CHF3O3S.Zn/c4*2-1(3,4)8(5,6)7;/h4*(H,5,6,7);/q;;;;+4/p-4. The Kier molecular flexibility index (Phi) is 16.7. The maximum Gasteiger partial charge on any atom is 4.00 e. The molecule has 12 nitrogen and oxygen atoms in total. The quantitative estimate of drug-likeness (QED) is 0.147. The first-order chi connectivity index (χ1) is 13.0. The molecule has 0 aliphatic heterocycles. The summed E-state index contributed by atoms with van der Waals surface area (Å²) in [5.74, 6) is 0. The average molecular weight is 662 g/mol. The third kappa shape index (κ3) is 21.7. The molecule has 0 radical (unpaired) electrons. The fraction of sp³-hybridized carbons (Fsp3) is 1.00. The molecule has 0 bridgehead atoms. The minimum absolute atomic E-state index is 0. The van der Waals surface area contributed by atoms with Crippen LogP contribution in [0.3, 0.4) is 0 Å². The van der Waals surface area contributed by atoms with E-state index in [1.807, 2.05) is 0 Å². The number of halogens is 12. The predicted molar refractivity (Wildman–Crippen MR) is 63.0 cm³/mol. The first-order valence-corrected chi connectivity index (χ1v) is 10.7. The van der Waals surface area contributed by atoms with Crippen LogP contribution in [0, 0.1) is 0 Å². The molecule has 0 saturated heterocycles. The van der Waals surface area contributed by atoms with E-state index >= 15 is 0 Å². The average Bonchev–Trinajstić information content (AvgIpc) is 2.30. The van der Waals surface area contributed by atoms with Crippen LogP contribution in [0.15, 0.2) is 0 Å². The summed E-state index contributed by atoms with van der Waals surface area (Å²) in [6.07, 6.45) is 0. The minimum atomic E-state index is -6.09. The largest absolute Gasteiger partial charge is 4.00 e. The van der Waals surface area contributed by atoms with E-state index in [4.69, 9.17) is 51.9 Å². The smallest absolute Gasteiger partial charge is 0.741 e. The zero-order valence-electron chi connectivity index (χ0n) is 13.8. The summed E-state index contributed by atoms with van der Waals surface area (Å²) in [5.41, 5.74) is -22.6. The molecule has 0 unspecified atom stereocenters. The van der Waals surface area contributed by atoms with Gasteiger partial charge >= 0.3 is 41.5 Å². The van der Waals surface area contributed by atoms with Crippen molar-refractivity contribution in [2.24, 2.45) is 0 Å². The Hall–Kier alpha value is -0.577. The Morgan fingerprint density at radius 2 is 0.364 bits per heavy atom. The van der Waals surface area contributed by atoms with Crippen molar-refractivity contribution < 1.29 is 124 Å². The minimum Gasteiger partial charge on any atom is -0.741 e.